The summed E-state index contributed by atoms with van der Waals surface area (Å²) in [5.41, 5.74) is 0.840. The molecule has 0 aliphatic rings. The van der Waals surface area contributed by atoms with Crippen molar-refractivity contribution < 1.29 is 4.43 Å². The van der Waals surface area contributed by atoms with Crippen LogP contribution in [-0.2, 0) is 17.6 Å². The van der Waals surface area contributed by atoms with Crippen molar-refractivity contribution in [2.24, 2.45) is 0 Å². The Morgan fingerprint density at radius 1 is 1.26 bits per heavy atom. The Morgan fingerprint density at radius 3 is 2.61 bits per heavy atom. The van der Waals surface area contributed by atoms with Gasteiger partial charge in [0.05, 0.1) is 40.3 Å². The fraction of sp³-hybridized carbons (Fsp3) is 0.429. The lowest BCUT2D eigenvalue weighted by molar-refractivity contribution is 0.276. The number of hydrogen-bond acceptors (Lipinski definition) is 6. The second-order valence-corrected chi connectivity index (χ2v) is 16.1. The molecule has 3 aromatic rings. The highest BCUT2D eigenvalue weighted by atomic mass is 79.9. The van der Waals surface area contributed by atoms with Crippen LogP contribution in [0.25, 0.3) is 15.9 Å². The fourth-order valence-corrected chi connectivity index (χ4v) is 5.36. The van der Waals surface area contributed by atoms with E-state index in [1.807, 2.05) is 0 Å². The summed E-state index contributed by atoms with van der Waals surface area (Å²) < 4.78 is 10.1. The maximum absolute atomic E-state index is 13.2. The average Bonchev–Trinajstić information content (AvgIpc) is 3.08. The lowest BCUT2D eigenvalue weighted by atomic mass is 10.2. The van der Waals surface area contributed by atoms with Crippen molar-refractivity contribution >= 4 is 45.8 Å². The maximum atomic E-state index is 13.2. The highest BCUT2D eigenvalue weighted by Crippen LogP contribution is 2.37. The van der Waals surface area contributed by atoms with Gasteiger partial charge in [0, 0.05) is 12.7 Å². The van der Waals surface area contributed by atoms with E-state index >= 15 is 0 Å². The van der Waals surface area contributed by atoms with E-state index in [0.717, 1.165) is 13.9 Å². The molecule has 164 valence electrons. The van der Waals surface area contributed by atoms with Crippen molar-refractivity contribution in [3.8, 4) is 11.8 Å². The Labute approximate surface area is 194 Å². The van der Waals surface area contributed by atoms with E-state index in [4.69, 9.17) is 9.69 Å². The van der Waals surface area contributed by atoms with E-state index in [-0.39, 0.29) is 18.0 Å². The number of aromatic nitrogens is 3. The van der Waals surface area contributed by atoms with Gasteiger partial charge in [-0.05, 0) is 51.8 Å². The Morgan fingerprint density at radius 2 is 1.97 bits per heavy atom. The van der Waals surface area contributed by atoms with Crippen LogP contribution >= 0.6 is 27.3 Å². The van der Waals surface area contributed by atoms with Crippen LogP contribution < -0.4 is 11.2 Å². The average molecular weight is 522 g/mol. The predicted molar refractivity (Wildman–Crippen MR) is 129 cm³/mol. The minimum atomic E-state index is -1.96. The summed E-state index contributed by atoms with van der Waals surface area (Å²) in [6.07, 6.45) is 3.36. The van der Waals surface area contributed by atoms with Gasteiger partial charge in [-0.3, -0.25) is 14.3 Å². The van der Waals surface area contributed by atoms with Gasteiger partial charge in [0.2, 0.25) is 0 Å². The van der Waals surface area contributed by atoms with Crippen LogP contribution in [0.2, 0.25) is 18.1 Å². The van der Waals surface area contributed by atoms with Crippen molar-refractivity contribution in [1.82, 2.24) is 14.1 Å². The quantitative estimate of drug-likeness (QED) is 0.435. The third-order valence-electron chi connectivity index (χ3n) is 5.68. The van der Waals surface area contributed by atoms with Gasteiger partial charge in [0.15, 0.2) is 8.32 Å². The molecule has 0 amide bonds. The van der Waals surface area contributed by atoms with Crippen molar-refractivity contribution in [3.63, 3.8) is 0 Å². The first kappa shape index (κ1) is 23.6. The van der Waals surface area contributed by atoms with Crippen LogP contribution in [0.15, 0.2) is 37.9 Å². The first-order chi connectivity index (χ1) is 14.5. The Kier molecular flexibility index (Phi) is 6.71. The van der Waals surface area contributed by atoms with Crippen LogP contribution in [0.1, 0.15) is 32.8 Å². The van der Waals surface area contributed by atoms with Crippen LogP contribution in [0.5, 0.6) is 0 Å². The molecule has 0 bridgehead atoms. The Bertz CT molecular complexity index is 1280. The third-order valence-corrected chi connectivity index (χ3v) is 11.8. The molecular formula is C21H25BrN4O3SSi. The summed E-state index contributed by atoms with van der Waals surface area (Å²) in [5, 5.41) is 9.06. The first-order valence-corrected chi connectivity index (χ1v) is 14.4. The zero-order chi connectivity index (χ0) is 23.0. The molecule has 0 aliphatic heterocycles. The van der Waals surface area contributed by atoms with E-state index < -0.39 is 19.6 Å². The topological polar surface area (TPSA) is 89.9 Å². The minimum Gasteiger partial charge on any atom is -0.413 e. The second kappa shape index (κ2) is 8.82. The van der Waals surface area contributed by atoms with E-state index in [2.05, 4.69) is 60.8 Å². The molecule has 0 atom stereocenters. The summed E-state index contributed by atoms with van der Waals surface area (Å²) in [5.74, 6) is 0. The molecule has 0 unspecified atom stereocenters. The van der Waals surface area contributed by atoms with Crippen molar-refractivity contribution in [3.05, 3.63) is 54.7 Å². The molecule has 0 N–H and O–H groups in total. The van der Waals surface area contributed by atoms with Gasteiger partial charge in [0.25, 0.3) is 5.56 Å². The normalized spacial score (nSPS) is 12.3. The van der Waals surface area contributed by atoms with Gasteiger partial charge in [-0.25, -0.2) is 9.36 Å². The molecule has 0 fully saturated rings. The monoisotopic (exact) mass is 520 g/mol. The number of nitrogens with zero attached hydrogens (tertiary/aromatic N) is 4. The number of nitriles is 1. The summed E-state index contributed by atoms with van der Waals surface area (Å²) in [7, 11) is -1.96. The zero-order valence-electron chi connectivity index (χ0n) is 18.2. The Balaban J connectivity index is 2.08. The molecule has 0 spiro atoms. The summed E-state index contributed by atoms with van der Waals surface area (Å²) in [6, 6.07) is 5.57. The molecule has 0 saturated carbocycles. The van der Waals surface area contributed by atoms with Crippen LogP contribution in [-0.4, -0.2) is 22.4 Å². The number of pyridine rings is 1. The largest absolute Gasteiger partial charge is 0.413 e. The number of halogens is 1. The third kappa shape index (κ3) is 4.74. The highest BCUT2D eigenvalue weighted by Gasteiger charge is 2.37. The number of fused-ring (bicyclic) bond motifs is 1. The Hall–Kier alpha value is -2.06. The molecule has 0 aromatic carbocycles. The predicted octanol–water partition coefficient (Wildman–Crippen LogP) is 4.81. The molecule has 0 saturated heterocycles. The van der Waals surface area contributed by atoms with E-state index in [0.29, 0.717) is 22.5 Å². The molecule has 3 aromatic heterocycles. The van der Waals surface area contributed by atoms with Crippen LogP contribution in [0.3, 0.4) is 0 Å². The van der Waals surface area contributed by atoms with Crippen LogP contribution in [0, 0.1) is 11.3 Å². The number of rotatable bonds is 6. The van der Waals surface area contributed by atoms with E-state index in [1.54, 1.807) is 18.3 Å². The van der Waals surface area contributed by atoms with Crippen molar-refractivity contribution in [2.75, 3.05) is 0 Å². The van der Waals surface area contributed by atoms with Gasteiger partial charge in [-0.2, -0.15) is 5.26 Å². The standard InChI is InChI=1S/C21H25BrN4O3SSi/c1-21(2,3)31(4,5)29-13-14-9-15(12-24-11-14)26-19(27)18-16(10-17(22)30-18)25(20(26)28)8-6-7-23/h9-12H,6,8,13H2,1-5H3. The molecule has 7 nitrogen and oxygen atoms in total. The summed E-state index contributed by atoms with van der Waals surface area (Å²) in [6.45, 7) is 11.4. The summed E-state index contributed by atoms with van der Waals surface area (Å²) in [4.78, 5) is 30.7. The second-order valence-electron chi connectivity index (χ2n) is 8.85. The first-order valence-electron chi connectivity index (χ1n) is 9.86. The lowest BCUT2D eigenvalue weighted by Gasteiger charge is -2.36. The van der Waals surface area contributed by atoms with Gasteiger partial charge in [-0.15, -0.1) is 11.3 Å². The molecule has 0 radical (unpaired) electrons. The molecule has 0 aliphatic carbocycles. The number of hydrogen-bond donors (Lipinski definition) is 0. The maximum Gasteiger partial charge on any atom is 0.336 e. The minimum absolute atomic E-state index is 0.0705. The lowest BCUT2D eigenvalue weighted by Crippen LogP contribution is -2.40. The smallest absolute Gasteiger partial charge is 0.336 e. The summed E-state index contributed by atoms with van der Waals surface area (Å²) >= 11 is 4.66. The zero-order valence-corrected chi connectivity index (χ0v) is 21.6. The van der Waals surface area contributed by atoms with Crippen molar-refractivity contribution in [2.45, 2.75) is 58.5 Å². The van der Waals surface area contributed by atoms with Gasteiger partial charge in [0.1, 0.15) is 4.70 Å². The van der Waals surface area contributed by atoms with Crippen molar-refractivity contribution in [1.29, 1.82) is 5.26 Å². The molecular weight excluding hydrogens is 496 g/mol. The van der Waals surface area contributed by atoms with Gasteiger partial charge < -0.3 is 4.43 Å². The van der Waals surface area contributed by atoms with Crippen LogP contribution in [0.4, 0.5) is 0 Å². The van der Waals surface area contributed by atoms with E-state index in [9.17, 15) is 9.59 Å². The van der Waals surface area contributed by atoms with E-state index in [1.165, 1.54) is 22.1 Å². The molecule has 3 heterocycles. The molecule has 31 heavy (non-hydrogen) atoms. The number of thiophene rings is 1. The molecule has 10 heteroatoms. The SMILES string of the molecule is CC(C)(C)[Si](C)(C)OCc1cncc(-n2c(=O)c3sc(Br)cc3n(CCC#N)c2=O)c1. The van der Waals surface area contributed by atoms with Gasteiger partial charge >= 0.3 is 5.69 Å². The highest BCUT2D eigenvalue weighted by molar-refractivity contribution is 9.11. The van der Waals surface area contributed by atoms with Gasteiger partial charge in [-0.1, -0.05) is 20.8 Å². The number of aryl methyl sites for hydroxylation is 1. The fourth-order valence-electron chi connectivity index (χ4n) is 2.88. The molecule has 3 rings (SSSR count).